The molecule has 0 atom stereocenters. The van der Waals surface area contributed by atoms with Gasteiger partial charge in [0.05, 0.1) is 15.6 Å². The maximum absolute atomic E-state index is 12.4. The van der Waals surface area contributed by atoms with Crippen molar-refractivity contribution in [2.45, 2.75) is 56.8 Å². The van der Waals surface area contributed by atoms with E-state index < -0.39 is 16.0 Å². The number of hydrogen-bond acceptors (Lipinski definition) is 3. The van der Waals surface area contributed by atoms with Crippen molar-refractivity contribution in [3.63, 3.8) is 0 Å². The van der Waals surface area contributed by atoms with Gasteiger partial charge in [-0.15, -0.1) is 0 Å². The van der Waals surface area contributed by atoms with Crippen LogP contribution in [0, 0.1) is 0 Å². The molecule has 0 fully saturated rings. The average molecular weight is 424 g/mol. The minimum atomic E-state index is -4.37. The molecule has 152 valence electrons. The van der Waals surface area contributed by atoms with Gasteiger partial charge in [0.1, 0.15) is 0 Å². The summed E-state index contributed by atoms with van der Waals surface area (Å²) in [4.78, 5) is 12.1. The Balaban J connectivity index is 1.94. The number of aryl methyl sites for hydroxylation is 1. The van der Waals surface area contributed by atoms with Crippen molar-refractivity contribution >= 4 is 33.3 Å². The van der Waals surface area contributed by atoms with E-state index in [-0.39, 0.29) is 15.6 Å². The summed E-state index contributed by atoms with van der Waals surface area (Å²) >= 11 is 6.01. The normalized spacial score (nSPS) is 11.4. The predicted molar refractivity (Wildman–Crippen MR) is 113 cm³/mol. The molecule has 1 amide bonds. The Labute approximate surface area is 171 Å². The second kappa shape index (κ2) is 10.6. The first-order valence-corrected chi connectivity index (χ1v) is 11.3. The Morgan fingerprint density at radius 1 is 1.00 bits per heavy atom. The maximum atomic E-state index is 12.4. The number of anilines is 1. The van der Waals surface area contributed by atoms with Crippen molar-refractivity contribution in [2.24, 2.45) is 0 Å². The molecule has 7 heteroatoms. The summed E-state index contributed by atoms with van der Waals surface area (Å²) in [7, 11) is -4.37. The SMILES string of the molecule is CCCCCCCCc1ccc(C(=O)Nc2cc(S(=O)(=O)O)ccc2Cl)cc1. The fourth-order valence-corrected chi connectivity index (χ4v) is 3.56. The van der Waals surface area contributed by atoms with Gasteiger partial charge in [0.2, 0.25) is 0 Å². The van der Waals surface area contributed by atoms with Gasteiger partial charge in [-0.3, -0.25) is 9.35 Å². The number of carbonyl (C=O) groups is 1. The van der Waals surface area contributed by atoms with Crippen molar-refractivity contribution in [2.75, 3.05) is 5.32 Å². The third kappa shape index (κ3) is 6.93. The van der Waals surface area contributed by atoms with Gasteiger partial charge < -0.3 is 5.32 Å². The molecule has 0 saturated carbocycles. The third-order valence-electron chi connectivity index (χ3n) is 4.52. The molecule has 0 bridgehead atoms. The smallest absolute Gasteiger partial charge is 0.294 e. The molecule has 2 N–H and O–H groups in total. The van der Waals surface area contributed by atoms with Gasteiger partial charge in [-0.25, -0.2) is 0 Å². The van der Waals surface area contributed by atoms with Crippen LogP contribution in [-0.4, -0.2) is 18.9 Å². The molecule has 0 spiro atoms. The molecule has 2 aromatic rings. The van der Waals surface area contributed by atoms with Gasteiger partial charge in [-0.05, 0) is 48.7 Å². The molecule has 2 rings (SSSR count). The number of nitrogens with one attached hydrogen (secondary N) is 1. The van der Waals surface area contributed by atoms with E-state index in [1.165, 1.54) is 49.8 Å². The first kappa shape index (κ1) is 22.4. The maximum Gasteiger partial charge on any atom is 0.294 e. The average Bonchev–Trinajstić information content (AvgIpc) is 2.66. The van der Waals surface area contributed by atoms with Crippen LogP contribution in [0.4, 0.5) is 5.69 Å². The summed E-state index contributed by atoms with van der Waals surface area (Å²) in [6.07, 6.45) is 8.42. The zero-order chi connectivity index (χ0) is 20.6. The fraction of sp³-hybridized carbons (Fsp3) is 0.381. The number of amides is 1. The molecule has 0 saturated heterocycles. The van der Waals surface area contributed by atoms with Gasteiger partial charge >= 0.3 is 0 Å². The summed E-state index contributed by atoms with van der Waals surface area (Å²) in [6.45, 7) is 2.21. The molecule has 28 heavy (non-hydrogen) atoms. The number of hydrogen-bond donors (Lipinski definition) is 2. The van der Waals surface area contributed by atoms with Crippen molar-refractivity contribution in [1.29, 1.82) is 0 Å². The molecule has 0 aromatic heterocycles. The van der Waals surface area contributed by atoms with E-state index >= 15 is 0 Å². The van der Waals surface area contributed by atoms with Crippen LogP contribution >= 0.6 is 11.6 Å². The standard InChI is InChI=1S/C21H26ClNO4S/c1-2-3-4-5-6-7-8-16-9-11-17(12-10-16)21(24)23-20-15-18(28(25,26)27)13-14-19(20)22/h9-15H,2-8H2,1H3,(H,23,24)(H,25,26,27). The highest BCUT2D eigenvalue weighted by molar-refractivity contribution is 7.85. The Morgan fingerprint density at radius 3 is 2.29 bits per heavy atom. The Bertz CT molecular complexity index is 895. The highest BCUT2D eigenvalue weighted by atomic mass is 35.5. The van der Waals surface area contributed by atoms with Crippen LogP contribution in [0.1, 0.15) is 61.4 Å². The Morgan fingerprint density at radius 2 is 1.64 bits per heavy atom. The largest absolute Gasteiger partial charge is 0.321 e. The molecule has 5 nitrogen and oxygen atoms in total. The van der Waals surface area contributed by atoms with Crippen LogP contribution in [0.5, 0.6) is 0 Å². The predicted octanol–water partition coefficient (Wildman–Crippen LogP) is 5.74. The van der Waals surface area contributed by atoms with E-state index in [1.54, 1.807) is 12.1 Å². The van der Waals surface area contributed by atoms with E-state index in [1.807, 2.05) is 12.1 Å². The van der Waals surface area contributed by atoms with Gasteiger partial charge in [-0.2, -0.15) is 8.42 Å². The highest BCUT2D eigenvalue weighted by Crippen LogP contribution is 2.26. The second-order valence-corrected chi connectivity index (χ2v) is 8.61. The second-order valence-electron chi connectivity index (χ2n) is 6.79. The number of rotatable bonds is 10. The number of benzene rings is 2. The number of halogens is 1. The van der Waals surface area contributed by atoms with Crippen molar-refractivity contribution in [3.05, 3.63) is 58.6 Å². The summed E-state index contributed by atoms with van der Waals surface area (Å²) < 4.78 is 31.6. The molecule has 2 aromatic carbocycles. The van der Waals surface area contributed by atoms with Gasteiger partial charge in [0, 0.05) is 5.56 Å². The summed E-state index contributed by atoms with van der Waals surface area (Å²) in [6, 6.07) is 10.9. The third-order valence-corrected chi connectivity index (χ3v) is 5.70. The molecular formula is C21H26ClNO4S. The zero-order valence-electron chi connectivity index (χ0n) is 15.9. The molecule has 0 aliphatic heterocycles. The van der Waals surface area contributed by atoms with Crippen molar-refractivity contribution < 1.29 is 17.8 Å². The Kier molecular flexibility index (Phi) is 8.48. The lowest BCUT2D eigenvalue weighted by Gasteiger charge is -2.09. The number of carbonyl (C=O) groups excluding carboxylic acids is 1. The fourth-order valence-electron chi connectivity index (χ4n) is 2.89. The lowest BCUT2D eigenvalue weighted by Crippen LogP contribution is -2.13. The monoisotopic (exact) mass is 423 g/mol. The molecular weight excluding hydrogens is 398 g/mol. The minimum absolute atomic E-state index is 0.123. The highest BCUT2D eigenvalue weighted by Gasteiger charge is 2.14. The molecule has 0 aliphatic carbocycles. The van der Waals surface area contributed by atoms with E-state index in [4.69, 9.17) is 16.2 Å². The van der Waals surface area contributed by atoms with E-state index in [0.29, 0.717) is 5.56 Å². The lowest BCUT2D eigenvalue weighted by molar-refractivity contribution is 0.102. The van der Waals surface area contributed by atoms with Crippen LogP contribution < -0.4 is 5.32 Å². The molecule has 0 heterocycles. The quantitative estimate of drug-likeness (QED) is 0.377. The van der Waals surface area contributed by atoms with E-state index in [2.05, 4.69) is 12.2 Å². The molecule has 0 unspecified atom stereocenters. The zero-order valence-corrected chi connectivity index (χ0v) is 17.5. The topological polar surface area (TPSA) is 83.5 Å². The first-order valence-electron chi connectivity index (χ1n) is 9.48. The summed E-state index contributed by atoms with van der Waals surface area (Å²) in [5.41, 5.74) is 1.75. The van der Waals surface area contributed by atoms with Gasteiger partial charge in [-0.1, -0.05) is 62.8 Å². The molecule has 0 aliphatic rings. The van der Waals surface area contributed by atoms with Crippen LogP contribution in [-0.2, 0) is 16.5 Å². The van der Waals surface area contributed by atoms with Gasteiger partial charge in [0.15, 0.2) is 0 Å². The van der Waals surface area contributed by atoms with Gasteiger partial charge in [0.25, 0.3) is 16.0 Å². The summed E-state index contributed by atoms with van der Waals surface area (Å²) in [5, 5.41) is 2.76. The van der Waals surface area contributed by atoms with Crippen LogP contribution in [0.3, 0.4) is 0 Å². The lowest BCUT2D eigenvalue weighted by atomic mass is 10.0. The number of unbranched alkanes of at least 4 members (excludes halogenated alkanes) is 5. The summed E-state index contributed by atoms with van der Waals surface area (Å²) in [5.74, 6) is -0.402. The first-order chi connectivity index (χ1) is 13.3. The molecule has 0 radical (unpaired) electrons. The van der Waals surface area contributed by atoms with Crippen LogP contribution in [0.25, 0.3) is 0 Å². The van der Waals surface area contributed by atoms with E-state index in [9.17, 15) is 13.2 Å². The van der Waals surface area contributed by atoms with Crippen LogP contribution in [0.15, 0.2) is 47.4 Å². The Hall–Kier alpha value is -1.89. The van der Waals surface area contributed by atoms with Crippen LogP contribution in [0.2, 0.25) is 5.02 Å². The van der Waals surface area contributed by atoms with E-state index in [0.717, 1.165) is 18.9 Å². The van der Waals surface area contributed by atoms with Crippen molar-refractivity contribution in [3.8, 4) is 0 Å². The minimum Gasteiger partial charge on any atom is -0.321 e. The van der Waals surface area contributed by atoms with Crippen molar-refractivity contribution in [1.82, 2.24) is 0 Å².